The fourth-order valence-corrected chi connectivity index (χ4v) is 4.86. The maximum absolute atomic E-state index is 13.0. The Morgan fingerprint density at radius 3 is 2.49 bits per heavy atom. The number of benzene rings is 1. The average molecular weight is 509 g/mol. The Morgan fingerprint density at radius 2 is 1.84 bits per heavy atom. The predicted octanol–water partition coefficient (Wildman–Crippen LogP) is 4.99. The second kappa shape index (κ2) is 11.5. The van der Waals surface area contributed by atoms with Gasteiger partial charge in [-0.25, -0.2) is 9.78 Å². The standard InChI is InChI=1S/C28H36N4O5/c1-5-17(2)24(28(34)35)31-27(33)19-13-14-32-23(16-19)30-25(26(32)29-20-9-7-6-8-10-20)18-11-12-21(36-3)22(15-18)37-4/h11-17,20,24,29H,5-10H2,1-4H3,(H,31,33)(H,34,35). The zero-order chi connectivity index (χ0) is 26.5. The van der Waals surface area contributed by atoms with E-state index >= 15 is 0 Å². The molecule has 0 radical (unpaired) electrons. The molecule has 3 aromatic rings. The molecule has 1 saturated carbocycles. The number of fused-ring (bicyclic) bond motifs is 1. The maximum atomic E-state index is 13.0. The fraction of sp³-hybridized carbons (Fsp3) is 0.464. The molecule has 198 valence electrons. The normalized spacial score (nSPS) is 15.7. The van der Waals surface area contributed by atoms with Crippen molar-refractivity contribution >= 4 is 23.3 Å². The summed E-state index contributed by atoms with van der Waals surface area (Å²) in [6.45, 7) is 3.72. The van der Waals surface area contributed by atoms with Crippen molar-refractivity contribution in [3.05, 3.63) is 42.1 Å². The van der Waals surface area contributed by atoms with Crippen LogP contribution in [0.2, 0.25) is 0 Å². The molecule has 1 aromatic carbocycles. The SMILES string of the molecule is CCC(C)C(NC(=O)c1ccn2c(NC3CCCCC3)c(-c3ccc(OC)c(OC)c3)nc2c1)C(=O)O. The summed E-state index contributed by atoms with van der Waals surface area (Å²) in [6.07, 6.45) is 8.25. The second-order valence-electron chi connectivity index (χ2n) is 9.68. The number of carboxylic acids is 1. The van der Waals surface area contributed by atoms with E-state index in [0.29, 0.717) is 35.2 Å². The van der Waals surface area contributed by atoms with Crippen LogP contribution in [0.1, 0.15) is 62.7 Å². The maximum Gasteiger partial charge on any atom is 0.326 e. The van der Waals surface area contributed by atoms with Crippen LogP contribution in [0.3, 0.4) is 0 Å². The molecule has 3 N–H and O–H groups in total. The topological polar surface area (TPSA) is 114 Å². The van der Waals surface area contributed by atoms with Crippen LogP contribution in [0, 0.1) is 5.92 Å². The lowest BCUT2D eigenvalue weighted by molar-refractivity contribution is -0.140. The molecule has 2 unspecified atom stereocenters. The number of imidazole rings is 1. The number of nitrogens with zero attached hydrogens (tertiary/aromatic N) is 2. The summed E-state index contributed by atoms with van der Waals surface area (Å²) in [7, 11) is 3.20. The fourth-order valence-electron chi connectivity index (χ4n) is 4.86. The Kier molecular flexibility index (Phi) is 8.21. The van der Waals surface area contributed by atoms with Gasteiger partial charge >= 0.3 is 5.97 Å². The van der Waals surface area contributed by atoms with E-state index in [2.05, 4.69) is 10.6 Å². The van der Waals surface area contributed by atoms with E-state index < -0.39 is 17.9 Å². The van der Waals surface area contributed by atoms with Crippen LogP contribution in [0.25, 0.3) is 16.9 Å². The van der Waals surface area contributed by atoms with Crippen molar-refractivity contribution in [2.75, 3.05) is 19.5 Å². The first kappa shape index (κ1) is 26.3. The number of carboxylic acid groups (broad SMARTS) is 1. The molecule has 0 spiro atoms. The van der Waals surface area contributed by atoms with E-state index in [-0.39, 0.29) is 5.92 Å². The van der Waals surface area contributed by atoms with Crippen molar-refractivity contribution in [2.45, 2.75) is 64.5 Å². The third-order valence-electron chi connectivity index (χ3n) is 7.26. The largest absolute Gasteiger partial charge is 0.493 e. The summed E-state index contributed by atoms with van der Waals surface area (Å²) in [4.78, 5) is 29.6. The van der Waals surface area contributed by atoms with E-state index in [1.54, 1.807) is 26.4 Å². The minimum absolute atomic E-state index is 0.195. The third kappa shape index (κ3) is 5.65. The number of hydrogen-bond donors (Lipinski definition) is 3. The minimum atomic E-state index is -1.04. The lowest BCUT2D eigenvalue weighted by Gasteiger charge is -2.24. The molecule has 2 heterocycles. The smallest absolute Gasteiger partial charge is 0.326 e. The van der Waals surface area contributed by atoms with Crippen molar-refractivity contribution in [2.24, 2.45) is 5.92 Å². The quantitative estimate of drug-likeness (QED) is 0.353. The van der Waals surface area contributed by atoms with Crippen molar-refractivity contribution in [1.82, 2.24) is 14.7 Å². The average Bonchev–Trinajstić information content (AvgIpc) is 3.28. The summed E-state index contributed by atoms with van der Waals surface area (Å²) in [5, 5.41) is 16.0. The molecule has 1 aliphatic carbocycles. The summed E-state index contributed by atoms with van der Waals surface area (Å²) < 4.78 is 12.9. The van der Waals surface area contributed by atoms with Gasteiger partial charge in [0.05, 0.1) is 14.2 Å². The summed E-state index contributed by atoms with van der Waals surface area (Å²) in [6, 6.07) is 8.45. The van der Waals surface area contributed by atoms with Crippen molar-refractivity contribution < 1.29 is 24.2 Å². The lowest BCUT2D eigenvalue weighted by atomic mass is 9.95. The molecule has 0 aliphatic heterocycles. The van der Waals surface area contributed by atoms with Gasteiger partial charge in [0.2, 0.25) is 0 Å². The molecule has 2 aromatic heterocycles. The molecule has 9 heteroatoms. The monoisotopic (exact) mass is 508 g/mol. The molecule has 0 saturated heterocycles. The highest BCUT2D eigenvalue weighted by Crippen LogP contribution is 2.36. The Bertz CT molecular complexity index is 1260. The van der Waals surface area contributed by atoms with Gasteiger partial charge < -0.3 is 25.2 Å². The van der Waals surface area contributed by atoms with E-state index in [0.717, 1.165) is 29.9 Å². The van der Waals surface area contributed by atoms with Crippen molar-refractivity contribution in [1.29, 1.82) is 0 Å². The summed E-state index contributed by atoms with van der Waals surface area (Å²) in [5.74, 6) is 0.408. The highest BCUT2D eigenvalue weighted by Gasteiger charge is 2.26. The highest BCUT2D eigenvalue weighted by atomic mass is 16.5. The minimum Gasteiger partial charge on any atom is -0.493 e. The number of rotatable bonds is 10. The van der Waals surface area contributed by atoms with Gasteiger partial charge in [-0.15, -0.1) is 0 Å². The number of amides is 1. The number of methoxy groups -OCH3 is 2. The van der Waals surface area contributed by atoms with E-state index in [4.69, 9.17) is 14.5 Å². The van der Waals surface area contributed by atoms with Gasteiger partial charge in [-0.05, 0) is 49.1 Å². The molecule has 37 heavy (non-hydrogen) atoms. The van der Waals surface area contributed by atoms with Crippen LogP contribution in [0.5, 0.6) is 11.5 Å². The van der Waals surface area contributed by atoms with Gasteiger partial charge in [0.15, 0.2) is 11.5 Å². The first-order chi connectivity index (χ1) is 17.9. The molecular formula is C28H36N4O5. The van der Waals surface area contributed by atoms with Crippen LogP contribution in [-0.4, -0.2) is 52.7 Å². The molecule has 2 atom stereocenters. The molecule has 0 bridgehead atoms. The number of pyridine rings is 1. The second-order valence-corrected chi connectivity index (χ2v) is 9.68. The van der Waals surface area contributed by atoms with Crippen molar-refractivity contribution in [3.63, 3.8) is 0 Å². The number of aromatic nitrogens is 2. The van der Waals surface area contributed by atoms with Crippen LogP contribution in [-0.2, 0) is 4.79 Å². The van der Waals surface area contributed by atoms with E-state index in [1.165, 1.54) is 19.3 Å². The number of nitrogens with one attached hydrogen (secondary N) is 2. The van der Waals surface area contributed by atoms with Crippen LogP contribution in [0.4, 0.5) is 5.82 Å². The Labute approximate surface area is 217 Å². The van der Waals surface area contributed by atoms with Crippen LogP contribution >= 0.6 is 0 Å². The number of aliphatic carboxylic acids is 1. The molecule has 1 aliphatic rings. The van der Waals surface area contributed by atoms with Crippen LogP contribution in [0.15, 0.2) is 36.5 Å². The molecule has 1 amide bonds. The molecule has 9 nitrogen and oxygen atoms in total. The van der Waals surface area contributed by atoms with E-state index in [1.807, 2.05) is 42.6 Å². The number of anilines is 1. The van der Waals surface area contributed by atoms with Gasteiger partial charge in [0.25, 0.3) is 5.91 Å². The Balaban J connectivity index is 1.74. The predicted molar refractivity (Wildman–Crippen MR) is 143 cm³/mol. The Morgan fingerprint density at radius 1 is 1.11 bits per heavy atom. The summed E-state index contributed by atoms with van der Waals surface area (Å²) >= 11 is 0. The van der Waals surface area contributed by atoms with E-state index in [9.17, 15) is 14.7 Å². The zero-order valence-corrected chi connectivity index (χ0v) is 21.9. The van der Waals surface area contributed by atoms with Gasteiger partial charge in [0, 0.05) is 23.4 Å². The van der Waals surface area contributed by atoms with Crippen molar-refractivity contribution in [3.8, 4) is 22.8 Å². The molecule has 1 fully saturated rings. The van der Waals surface area contributed by atoms with Gasteiger partial charge in [-0.3, -0.25) is 9.20 Å². The zero-order valence-electron chi connectivity index (χ0n) is 21.9. The first-order valence-corrected chi connectivity index (χ1v) is 12.9. The van der Waals surface area contributed by atoms with Gasteiger partial charge in [-0.1, -0.05) is 39.5 Å². The number of ether oxygens (including phenoxy) is 2. The van der Waals surface area contributed by atoms with Gasteiger partial charge in [0.1, 0.15) is 23.2 Å². The van der Waals surface area contributed by atoms with Crippen LogP contribution < -0.4 is 20.1 Å². The third-order valence-corrected chi connectivity index (χ3v) is 7.26. The molecular weight excluding hydrogens is 472 g/mol. The number of hydrogen-bond acceptors (Lipinski definition) is 6. The van der Waals surface area contributed by atoms with Gasteiger partial charge in [-0.2, -0.15) is 0 Å². The molecule has 4 rings (SSSR count). The summed E-state index contributed by atoms with van der Waals surface area (Å²) in [5.41, 5.74) is 2.54. The highest BCUT2D eigenvalue weighted by molar-refractivity contribution is 5.97. The number of carbonyl (C=O) groups is 2. The first-order valence-electron chi connectivity index (χ1n) is 12.9. The lowest BCUT2D eigenvalue weighted by Crippen LogP contribution is -2.45. The Hall–Kier alpha value is -3.75. The number of carbonyl (C=O) groups excluding carboxylic acids is 1.